The molecule has 2 aromatic rings. The smallest absolute Gasteiger partial charge is 0.240 e. The summed E-state index contributed by atoms with van der Waals surface area (Å²) < 4.78 is 10.5. The van der Waals surface area contributed by atoms with Gasteiger partial charge in [0.2, 0.25) is 18.6 Å². The molecule has 0 spiro atoms. The maximum absolute atomic E-state index is 11.9. The number of nitrogens with one attached hydrogen (secondary N) is 2. The van der Waals surface area contributed by atoms with Crippen molar-refractivity contribution in [2.24, 2.45) is 5.10 Å². The number of amides is 2. The van der Waals surface area contributed by atoms with Gasteiger partial charge in [-0.25, -0.2) is 5.43 Å². The molecule has 0 bridgehead atoms. The fourth-order valence-electron chi connectivity index (χ4n) is 2.26. The highest BCUT2D eigenvalue weighted by atomic mass is 35.5. The topological polar surface area (TPSA) is 89.0 Å². The molecule has 7 nitrogen and oxygen atoms in total. The predicted octanol–water partition coefficient (Wildman–Crippen LogP) is 3.59. The first-order valence-electron chi connectivity index (χ1n) is 7.98. The lowest BCUT2D eigenvalue weighted by molar-refractivity contribution is -0.124. The summed E-state index contributed by atoms with van der Waals surface area (Å²) in [5, 5.41) is 7.29. The average molecular weight is 408 g/mol. The van der Waals surface area contributed by atoms with Crippen LogP contribution < -0.4 is 20.2 Å². The number of benzene rings is 2. The number of halogens is 2. The van der Waals surface area contributed by atoms with Crippen LogP contribution in [0.25, 0.3) is 0 Å². The summed E-state index contributed by atoms with van der Waals surface area (Å²) in [6.07, 6.45) is 1.43. The summed E-state index contributed by atoms with van der Waals surface area (Å²) in [7, 11) is 0. The highest BCUT2D eigenvalue weighted by Crippen LogP contribution is 2.32. The second-order valence-corrected chi connectivity index (χ2v) is 6.42. The standard InChI is InChI=1S/C18H15Cl2N3O4/c19-12-2-3-13(20)14(8-12)22-17(24)5-6-18(25)23-21-9-11-1-4-15-16(7-11)27-10-26-15/h1-4,7-9H,5-6,10H2,(H,22,24)(H,23,25)/b21-9-. The van der Waals surface area contributed by atoms with Gasteiger partial charge in [-0.05, 0) is 42.0 Å². The first-order valence-corrected chi connectivity index (χ1v) is 8.73. The maximum atomic E-state index is 11.9. The molecule has 0 atom stereocenters. The SMILES string of the molecule is O=C(CCC(=O)Nc1cc(Cl)ccc1Cl)N/N=C\c1ccc2c(c1)OCO2. The van der Waals surface area contributed by atoms with Crippen LogP contribution in [0.4, 0.5) is 5.69 Å². The molecule has 2 aromatic carbocycles. The van der Waals surface area contributed by atoms with Crippen LogP contribution in [-0.4, -0.2) is 24.8 Å². The Labute approximate surface area is 165 Å². The van der Waals surface area contributed by atoms with Gasteiger partial charge >= 0.3 is 0 Å². The van der Waals surface area contributed by atoms with Gasteiger partial charge in [0.15, 0.2) is 11.5 Å². The zero-order chi connectivity index (χ0) is 19.2. The van der Waals surface area contributed by atoms with Crippen molar-refractivity contribution in [2.75, 3.05) is 12.1 Å². The molecule has 2 N–H and O–H groups in total. The van der Waals surface area contributed by atoms with E-state index in [9.17, 15) is 9.59 Å². The van der Waals surface area contributed by atoms with E-state index in [1.165, 1.54) is 12.3 Å². The molecule has 0 saturated carbocycles. The number of hydrogen-bond acceptors (Lipinski definition) is 5. The largest absolute Gasteiger partial charge is 0.454 e. The lowest BCUT2D eigenvalue weighted by Crippen LogP contribution is -2.20. The average Bonchev–Trinajstić information content (AvgIpc) is 3.11. The van der Waals surface area contributed by atoms with E-state index in [0.717, 1.165) is 5.56 Å². The molecular weight excluding hydrogens is 393 g/mol. The van der Waals surface area contributed by atoms with Crippen LogP contribution in [0.5, 0.6) is 11.5 Å². The van der Waals surface area contributed by atoms with Crippen molar-refractivity contribution in [1.82, 2.24) is 5.43 Å². The lowest BCUT2D eigenvalue weighted by atomic mass is 10.2. The Bertz CT molecular complexity index is 902. The summed E-state index contributed by atoms with van der Waals surface area (Å²) >= 11 is 11.8. The van der Waals surface area contributed by atoms with Gasteiger partial charge in [-0.2, -0.15) is 5.10 Å². The predicted molar refractivity (Wildman–Crippen MR) is 103 cm³/mol. The molecule has 1 aliphatic rings. The van der Waals surface area contributed by atoms with Gasteiger partial charge in [-0.3, -0.25) is 9.59 Å². The van der Waals surface area contributed by atoms with Gasteiger partial charge in [0.05, 0.1) is 16.9 Å². The highest BCUT2D eigenvalue weighted by Gasteiger charge is 2.12. The number of anilines is 1. The van der Waals surface area contributed by atoms with Crippen LogP contribution in [-0.2, 0) is 9.59 Å². The van der Waals surface area contributed by atoms with Gasteiger partial charge in [-0.15, -0.1) is 0 Å². The van der Waals surface area contributed by atoms with Crippen molar-refractivity contribution in [3.8, 4) is 11.5 Å². The quantitative estimate of drug-likeness (QED) is 0.565. The minimum atomic E-state index is -0.390. The number of ether oxygens (including phenoxy) is 2. The monoisotopic (exact) mass is 407 g/mol. The van der Waals surface area contributed by atoms with E-state index < -0.39 is 0 Å². The van der Waals surface area contributed by atoms with Crippen molar-refractivity contribution in [2.45, 2.75) is 12.8 Å². The molecule has 3 rings (SSSR count). The Balaban J connectivity index is 1.44. The van der Waals surface area contributed by atoms with E-state index in [0.29, 0.717) is 27.2 Å². The first-order chi connectivity index (χ1) is 13.0. The van der Waals surface area contributed by atoms with E-state index in [2.05, 4.69) is 15.8 Å². The van der Waals surface area contributed by atoms with Crippen molar-refractivity contribution >= 4 is 46.9 Å². The molecule has 0 saturated heterocycles. The van der Waals surface area contributed by atoms with Crippen molar-refractivity contribution in [3.63, 3.8) is 0 Å². The second-order valence-electron chi connectivity index (χ2n) is 5.58. The Morgan fingerprint density at radius 3 is 2.67 bits per heavy atom. The number of hydrazone groups is 1. The van der Waals surface area contributed by atoms with Crippen LogP contribution in [0.15, 0.2) is 41.5 Å². The van der Waals surface area contributed by atoms with Gasteiger partial charge < -0.3 is 14.8 Å². The van der Waals surface area contributed by atoms with Crippen LogP contribution in [0, 0.1) is 0 Å². The highest BCUT2D eigenvalue weighted by molar-refractivity contribution is 6.35. The third-order valence-corrected chi connectivity index (χ3v) is 4.15. The maximum Gasteiger partial charge on any atom is 0.240 e. The first kappa shape index (κ1) is 19.0. The molecule has 27 heavy (non-hydrogen) atoms. The molecule has 1 aliphatic heterocycles. The van der Waals surface area contributed by atoms with Crippen molar-refractivity contribution < 1.29 is 19.1 Å². The van der Waals surface area contributed by atoms with Crippen LogP contribution >= 0.6 is 23.2 Å². The number of hydrogen-bond donors (Lipinski definition) is 2. The molecule has 0 fully saturated rings. The van der Waals surface area contributed by atoms with Crippen molar-refractivity contribution in [3.05, 3.63) is 52.0 Å². The third-order valence-electron chi connectivity index (χ3n) is 3.58. The summed E-state index contributed by atoms with van der Waals surface area (Å²) in [6, 6.07) is 10.0. The molecule has 140 valence electrons. The third kappa shape index (κ3) is 5.35. The van der Waals surface area contributed by atoms with Crippen molar-refractivity contribution in [1.29, 1.82) is 0 Å². The zero-order valence-corrected chi connectivity index (χ0v) is 15.5. The number of fused-ring (bicyclic) bond motifs is 1. The molecule has 9 heteroatoms. The van der Waals surface area contributed by atoms with Crippen LogP contribution in [0.2, 0.25) is 10.0 Å². The molecule has 0 aliphatic carbocycles. The van der Waals surface area contributed by atoms with E-state index in [-0.39, 0.29) is 31.4 Å². The Kier molecular flexibility index (Phi) is 6.16. The van der Waals surface area contributed by atoms with E-state index in [1.807, 2.05) is 0 Å². The summed E-state index contributed by atoms with van der Waals surface area (Å²) in [4.78, 5) is 23.7. The number of carbonyl (C=O) groups is 2. The minimum Gasteiger partial charge on any atom is -0.454 e. The fraction of sp³-hybridized carbons (Fsp3) is 0.167. The fourth-order valence-corrected chi connectivity index (χ4v) is 2.60. The molecular formula is C18H15Cl2N3O4. The minimum absolute atomic E-state index is 0.0196. The summed E-state index contributed by atoms with van der Waals surface area (Å²) in [5.74, 6) is 0.553. The number of nitrogens with zero attached hydrogens (tertiary/aromatic N) is 1. The Morgan fingerprint density at radius 1 is 1.04 bits per heavy atom. The molecule has 2 amide bonds. The molecule has 1 heterocycles. The Morgan fingerprint density at radius 2 is 1.81 bits per heavy atom. The van der Waals surface area contributed by atoms with Gasteiger partial charge in [-0.1, -0.05) is 23.2 Å². The summed E-state index contributed by atoms with van der Waals surface area (Å²) in [6.45, 7) is 0.190. The second kappa shape index (κ2) is 8.75. The van der Waals surface area contributed by atoms with Gasteiger partial charge in [0.1, 0.15) is 0 Å². The lowest BCUT2D eigenvalue weighted by Gasteiger charge is -2.07. The molecule has 0 aromatic heterocycles. The normalized spacial score (nSPS) is 12.2. The zero-order valence-electron chi connectivity index (χ0n) is 14.0. The number of rotatable bonds is 6. The summed E-state index contributed by atoms with van der Waals surface area (Å²) in [5.41, 5.74) is 3.51. The number of carbonyl (C=O) groups excluding carboxylic acids is 2. The molecule has 0 radical (unpaired) electrons. The Hall–Kier alpha value is -2.77. The van der Waals surface area contributed by atoms with Gasteiger partial charge in [0.25, 0.3) is 0 Å². The van der Waals surface area contributed by atoms with Gasteiger partial charge in [0, 0.05) is 17.9 Å². The molecule has 0 unspecified atom stereocenters. The van der Waals surface area contributed by atoms with Crippen LogP contribution in [0.1, 0.15) is 18.4 Å². The van der Waals surface area contributed by atoms with Crippen LogP contribution in [0.3, 0.4) is 0 Å². The van der Waals surface area contributed by atoms with E-state index in [4.69, 9.17) is 32.7 Å². The van der Waals surface area contributed by atoms with E-state index >= 15 is 0 Å². The van der Waals surface area contributed by atoms with E-state index in [1.54, 1.807) is 30.3 Å².